The highest BCUT2D eigenvalue weighted by Gasteiger charge is 2.38. The first-order valence-electron chi connectivity index (χ1n) is 11.4. The number of aliphatic hydroxyl groups is 1. The third-order valence-electron chi connectivity index (χ3n) is 5.75. The number of hydrogen-bond donors (Lipinski definition) is 1. The Morgan fingerprint density at radius 3 is 1.61 bits per heavy atom. The van der Waals surface area contributed by atoms with E-state index >= 15 is 0 Å². The van der Waals surface area contributed by atoms with E-state index in [1.807, 2.05) is 91.0 Å². The molecule has 0 saturated carbocycles. The maximum absolute atomic E-state index is 12.4. The van der Waals surface area contributed by atoms with Gasteiger partial charge in [0.15, 0.2) is 0 Å². The lowest BCUT2D eigenvalue weighted by atomic mass is 9.80. The lowest BCUT2D eigenvalue weighted by molar-refractivity contribution is -0.384. The number of nitrogens with zero attached hydrogens (tertiary/aromatic N) is 1. The van der Waals surface area contributed by atoms with Gasteiger partial charge in [-0.25, -0.2) is 4.79 Å². The van der Waals surface area contributed by atoms with Crippen LogP contribution in [0.1, 0.15) is 27.0 Å². The van der Waals surface area contributed by atoms with E-state index in [0.717, 1.165) is 16.7 Å². The topological polar surface area (TPSA) is 98.9 Å². The minimum atomic E-state index is -1.11. The zero-order valence-corrected chi connectivity index (χ0v) is 19.4. The zero-order chi connectivity index (χ0) is 25.4. The van der Waals surface area contributed by atoms with Crippen LogP contribution in [-0.2, 0) is 15.1 Å². The number of benzene rings is 4. The number of carbonyl (C=O) groups excluding carboxylic acids is 1. The van der Waals surface area contributed by atoms with Crippen LogP contribution >= 0.6 is 0 Å². The van der Waals surface area contributed by atoms with Crippen LogP contribution in [0.15, 0.2) is 115 Å². The van der Waals surface area contributed by atoms with Crippen LogP contribution in [-0.4, -0.2) is 35.3 Å². The Kier molecular flexibility index (Phi) is 7.85. The van der Waals surface area contributed by atoms with Crippen molar-refractivity contribution in [2.24, 2.45) is 0 Å². The molecule has 0 radical (unpaired) electrons. The van der Waals surface area contributed by atoms with Crippen molar-refractivity contribution >= 4 is 11.7 Å². The molecule has 0 spiro atoms. The third-order valence-corrected chi connectivity index (χ3v) is 5.75. The number of nitro groups is 1. The van der Waals surface area contributed by atoms with Gasteiger partial charge in [-0.2, -0.15) is 0 Å². The Labute approximate surface area is 208 Å². The number of hydrogen-bond acceptors (Lipinski definition) is 6. The van der Waals surface area contributed by atoms with Crippen molar-refractivity contribution in [2.45, 2.75) is 11.7 Å². The number of rotatable bonds is 10. The van der Waals surface area contributed by atoms with Crippen LogP contribution in [0.4, 0.5) is 5.69 Å². The van der Waals surface area contributed by atoms with Crippen molar-refractivity contribution in [3.05, 3.63) is 148 Å². The van der Waals surface area contributed by atoms with Crippen LogP contribution in [0.2, 0.25) is 0 Å². The second-order valence-corrected chi connectivity index (χ2v) is 8.15. The van der Waals surface area contributed by atoms with Gasteiger partial charge in [-0.15, -0.1) is 0 Å². The summed E-state index contributed by atoms with van der Waals surface area (Å²) < 4.78 is 11.7. The van der Waals surface area contributed by atoms with E-state index in [1.165, 1.54) is 24.3 Å². The molecule has 0 fully saturated rings. The van der Waals surface area contributed by atoms with Crippen molar-refractivity contribution in [3.8, 4) is 0 Å². The number of ether oxygens (including phenoxy) is 2. The van der Waals surface area contributed by atoms with Gasteiger partial charge in [-0.3, -0.25) is 10.1 Å². The maximum atomic E-state index is 12.4. The fourth-order valence-electron chi connectivity index (χ4n) is 4.01. The molecule has 0 saturated heterocycles. The minimum Gasteiger partial charge on any atom is -0.459 e. The van der Waals surface area contributed by atoms with Crippen molar-refractivity contribution in [1.29, 1.82) is 0 Å². The summed E-state index contributed by atoms with van der Waals surface area (Å²) in [6.45, 7) is -0.420. The van der Waals surface area contributed by atoms with Crippen LogP contribution in [0.3, 0.4) is 0 Å². The van der Waals surface area contributed by atoms with E-state index in [-0.39, 0.29) is 24.5 Å². The van der Waals surface area contributed by atoms with E-state index in [1.54, 1.807) is 0 Å². The van der Waals surface area contributed by atoms with E-state index < -0.39 is 22.6 Å². The molecule has 0 heterocycles. The summed E-state index contributed by atoms with van der Waals surface area (Å²) >= 11 is 0. The van der Waals surface area contributed by atoms with Gasteiger partial charge in [0.05, 0.1) is 17.1 Å². The predicted molar refractivity (Wildman–Crippen MR) is 135 cm³/mol. The number of non-ortho nitro benzene ring substituents is 1. The summed E-state index contributed by atoms with van der Waals surface area (Å²) in [6, 6.07) is 34.3. The third kappa shape index (κ3) is 5.49. The molecule has 7 nitrogen and oxygen atoms in total. The van der Waals surface area contributed by atoms with Gasteiger partial charge < -0.3 is 14.6 Å². The predicted octanol–water partition coefficient (Wildman–Crippen LogP) is 5.12. The second kappa shape index (κ2) is 11.4. The first-order chi connectivity index (χ1) is 17.5. The van der Waals surface area contributed by atoms with E-state index in [0.29, 0.717) is 0 Å². The summed E-state index contributed by atoms with van der Waals surface area (Å²) in [5.41, 5.74) is 1.68. The molecular weight excluding hydrogens is 458 g/mol. The first kappa shape index (κ1) is 24.8. The Bertz CT molecular complexity index is 1180. The van der Waals surface area contributed by atoms with Crippen LogP contribution in [0, 0.1) is 10.1 Å². The first-order valence-corrected chi connectivity index (χ1v) is 11.4. The molecule has 4 aromatic rings. The Morgan fingerprint density at radius 2 is 1.19 bits per heavy atom. The molecule has 7 heteroatoms. The SMILES string of the molecule is O=C(OC[C@@H](O)COC(c1ccccc1)(c1ccccc1)c1ccccc1)c1ccc([N+](=O)[O-])cc1. The maximum Gasteiger partial charge on any atom is 0.338 e. The average Bonchev–Trinajstić information content (AvgIpc) is 2.94. The van der Waals surface area contributed by atoms with Gasteiger partial charge in [-0.1, -0.05) is 91.0 Å². The summed E-state index contributed by atoms with van der Waals surface area (Å²) in [6.07, 6.45) is -1.11. The fraction of sp³-hybridized carbons (Fsp3) is 0.138. The normalized spacial score (nSPS) is 12.0. The highest BCUT2D eigenvalue weighted by Crippen LogP contribution is 2.40. The molecule has 182 valence electrons. The Balaban J connectivity index is 1.54. The molecule has 0 unspecified atom stereocenters. The largest absolute Gasteiger partial charge is 0.459 e. The molecule has 4 aromatic carbocycles. The Morgan fingerprint density at radius 1 is 0.750 bits per heavy atom. The molecule has 0 bridgehead atoms. The van der Waals surface area contributed by atoms with Crippen LogP contribution in [0.5, 0.6) is 0 Å². The zero-order valence-electron chi connectivity index (χ0n) is 19.4. The molecule has 0 amide bonds. The van der Waals surface area contributed by atoms with Gasteiger partial charge >= 0.3 is 5.97 Å². The molecule has 36 heavy (non-hydrogen) atoms. The molecule has 0 aliphatic rings. The highest BCUT2D eigenvalue weighted by molar-refractivity contribution is 5.89. The molecule has 0 aliphatic heterocycles. The molecule has 0 aromatic heterocycles. The van der Waals surface area contributed by atoms with Gasteiger partial charge in [0, 0.05) is 12.1 Å². The lowest BCUT2D eigenvalue weighted by Crippen LogP contribution is -2.37. The number of nitro benzene ring substituents is 1. The Hall–Kier alpha value is -4.33. The quantitative estimate of drug-likeness (QED) is 0.145. The molecule has 0 aliphatic carbocycles. The summed E-state index contributed by atoms with van der Waals surface area (Å²) in [4.78, 5) is 22.6. The number of carbonyl (C=O) groups is 1. The second-order valence-electron chi connectivity index (χ2n) is 8.15. The fourth-order valence-corrected chi connectivity index (χ4v) is 4.01. The molecular formula is C29H25NO6. The summed E-state index contributed by atoms with van der Waals surface area (Å²) in [7, 11) is 0. The van der Waals surface area contributed by atoms with Gasteiger partial charge in [0.1, 0.15) is 18.3 Å². The lowest BCUT2D eigenvalue weighted by Gasteiger charge is -2.36. The van der Waals surface area contributed by atoms with Gasteiger partial charge in [0.2, 0.25) is 0 Å². The van der Waals surface area contributed by atoms with Gasteiger partial charge in [0.25, 0.3) is 5.69 Å². The summed E-state index contributed by atoms with van der Waals surface area (Å²) in [5.74, 6) is -0.690. The van der Waals surface area contributed by atoms with Crippen molar-refractivity contribution in [1.82, 2.24) is 0 Å². The standard InChI is InChI=1S/C29H25NO6/c31-27(20-35-28(32)22-16-18-26(19-17-22)30(33)34)21-36-29(23-10-4-1-5-11-23,24-12-6-2-7-13-24)25-14-8-3-9-15-25/h1-19,27,31H,20-21H2/t27-/m1/s1. The van der Waals surface area contributed by atoms with Crippen molar-refractivity contribution in [3.63, 3.8) is 0 Å². The van der Waals surface area contributed by atoms with E-state index in [2.05, 4.69) is 0 Å². The van der Waals surface area contributed by atoms with E-state index in [4.69, 9.17) is 9.47 Å². The van der Waals surface area contributed by atoms with E-state index in [9.17, 15) is 20.0 Å². The number of aliphatic hydroxyl groups excluding tert-OH is 1. The average molecular weight is 484 g/mol. The van der Waals surface area contributed by atoms with Crippen molar-refractivity contribution < 1.29 is 24.3 Å². The van der Waals surface area contributed by atoms with Crippen LogP contribution < -0.4 is 0 Å². The molecule has 1 N–H and O–H groups in total. The molecule has 1 atom stereocenters. The van der Waals surface area contributed by atoms with Crippen molar-refractivity contribution in [2.75, 3.05) is 13.2 Å². The highest BCUT2D eigenvalue weighted by atomic mass is 16.6. The summed E-state index contributed by atoms with van der Waals surface area (Å²) in [5, 5.41) is 21.5. The van der Waals surface area contributed by atoms with Gasteiger partial charge in [-0.05, 0) is 28.8 Å². The monoisotopic (exact) mass is 483 g/mol. The molecule has 4 rings (SSSR count). The van der Waals surface area contributed by atoms with Crippen LogP contribution in [0.25, 0.3) is 0 Å². The number of esters is 1. The smallest absolute Gasteiger partial charge is 0.338 e. The minimum absolute atomic E-state index is 0.119.